The second-order valence-corrected chi connectivity index (χ2v) is 9.46. The molecule has 1 aliphatic rings. The maximum absolute atomic E-state index is 14.4. The number of anilines is 1. The number of amides is 1. The molecule has 0 saturated carbocycles. The number of aliphatic hydroxyl groups is 1. The molecular weight excluding hydrogens is 507 g/mol. The highest BCUT2D eigenvalue weighted by Gasteiger charge is 2.45. The number of hydrogen-bond acceptors (Lipinski definition) is 7. The van der Waals surface area contributed by atoms with Crippen molar-refractivity contribution in [1.82, 2.24) is 4.90 Å². The molecule has 36 heavy (non-hydrogen) atoms. The zero-order chi connectivity index (χ0) is 26.8. The summed E-state index contributed by atoms with van der Waals surface area (Å²) in [5.74, 6) is -0.737. The predicted octanol–water partition coefficient (Wildman–Crippen LogP) is 5.48. The van der Waals surface area contributed by atoms with Crippen molar-refractivity contribution in [2.75, 3.05) is 31.1 Å². The number of para-hydroxylation sites is 1. The number of halogens is 4. The van der Waals surface area contributed by atoms with Gasteiger partial charge in [-0.25, -0.2) is 4.79 Å². The van der Waals surface area contributed by atoms with E-state index in [4.69, 9.17) is 21.1 Å². The van der Waals surface area contributed by atoms with E-state index in [1.54, 1.807) is 26.8 Å². The van der Waals surface area contributed by atoms with Gasteiger partial charge in [-0.2, -0.15) is 13.2 Å². The lowest BCUT2D eigenvalue weighted by Crippen LogP contribution is -2.57. The Kier molecular flexibility index (Phi) is 7.89. The number of hydrogen-bond donors (Lipinski definition) is 1. The topological polar surface area (TPSA) is 105 Å². The number of benzene rings is 2. The molecule has 0 aromatic heterocycles. The highest BCUT2D eigenvalue weighted by atomic mass is 35.5. The third-order valence-electron chi connectivity index (χ3n) is 5.29. The fourth-order valence-electron chi connectivity index (χ4n) is 3.81. The van der Waals surface area contributed by atoms with E-state index in [0.717, 1.165) is 17.0 Å². The number of ether oxygens (including phenoxy) is 2. The van der Waals surface area contributed by atoms with Gasteiger partial charge in [-0.3, -0.25) is 15.0 Å². The molecule has 0 radical (unpaired) electrons. The minimum Gasteiger partial charge on any atom is -0.455 e. The first-order valence-electron chi connectivity index (χ1n) is 10.9. The fourth-order valence-corrected chi connectivity index (χ4v) is 3.98. The highest BCUT2D eigenvalue weighted by molar-refractivity contribution is 6.32. The van der Waals surface area contributed by atoms with Gasteiger partial charge < -0.3 is 19.5 Å². The Morgan fingerprint density at radius 1 is 1.17 bits per heavy atom. The van der Waals surface area contributed by atoms with E-state index in [9.17, 15) is 33.2 Å². The van der Waals surface area contributed by atoms with Gasteiger partial charge in [0, 0.05) is 25.7 Å². The first-order valence-corrected chi connectivity index (χ1v) is 11.3. The van der Waals surface area contributed by atoms with E-state index in [1.807, 2.05) is 0 Å². The van der Waals surface area contributed by atoms with Crippen molar-refractivity contribution in [3.8, 4) is 11.5 Å². The van der Waals surface area contributed by atoms with E-state index in [1.165, 1.54) is 23.1 Å². The standard InChI is InChI=1S/C23H25ClF3N3O6/c1-22(2,3)36-21(32)29-11-10-28(12-14(29)13-31)20-16(30(33)34)8-9-18(19(20)23(25,26)27)35-17-7-5-4-6-15(17)24/h4-9,14,31H,10-13H2,1-3H3/t14-/m0/s1. The van der Waals surface area contributed by atoms with Gasteiger partial charge in [-0.1, -0.05) is 23.7 Å². The van der Waals surface area contributed by atoms with Crippen LogP contribution in [0.25, 0.3) is 0 Å². The second-order valence-electron chi connectivity index (χ2n) is 9.05. The molecular formula is C23H25ClF3N3O6. The van der Waals surface area contributed by atoms with Crippen LogP contribution in [0.2, 0.25) is 5.02 Å². The van der Waals surface area contributed by atoms with Crippen LogP contribution in [0.1, 0.15) is 26.3 Å². The zero-order valence-corrected chi connectivity index (χ0v) is 20.5. The normalized spacial score (nSPS) is 16.6. The number of nitrogens with zero attached hydrogens (tertiary/aromatic N) is 3. The summed E-state index contributed by atoms with van der Waals surface area (Å²) in [5.41, 5.74) is -3.71. The summed E-state index contributed by atoms with van der Waals surface area (Å²) in [6.45, 7) is 3.73. The van der Waals surface area contributed by atoms with Crippen molar-refractivity contribution in [1.29, 1.82) is 0 Å². The van der Waals surface area contributed by atoms with Crippen LogP contribution in [-0.2, 0) is 10.9 Å². The van der Waals surface area contributed by atoms with Crippen LogP contribution in [-0.4, -0.2) is 58.9 Å². The van der Waals surface area contributed by atoms with E-state index >= 15 is 0 Å². The number of carbonyl (C=O) groups is 1. The smallest absolute Gasteiger partial charge is 0.422 e. The molecule has 1 heterocycles. The number of piperazine rings is 1. The van der Waals surface area contributed by atoms with Crippen LogP contribution in [0.4, 0.5) is 29.3 Å². The Labute approximate surface area is 210 Å². The molecule has 1 aliphatic heterocycles. The molecule has 9 nitrogen and oxygen atoms in total. The lowest BCUT2D eigenvalue weighted by atomic mass is 10.0. The van der Waals surface area contributed by atoms with Crippen LogP contribution >= 0.6 is 11.6 Å². The molecule has 2 aromatic rings. The summed E-state index contributed by atoms with van der Waals surface area (Å²) in [7, 11) is 0. The molecule has 3 rings (SSSR count). The van der Waals surface area contributed by atoms with Gasteiger partial charge >= 0.3 is 12.3 Å². The van der Waals surface area contributed by atoms with Gasteiger partial charge in [0.15, 0.2) is 0 Å². The summed E-state index contributed by atoms with van der Waals surface area (Å²) in [6, 6.07) is 6.70. The highest BCUT2D eigenvalue weighted by Crippen LogP contribution is 2.49. The average Bonchev–Trinajstić information content (AvgIpc) is 2.77. The van der Waals surface area contributed by atoms with Gasteiger partial charge in [-0.15, -0.1) is 0 Å². The van der Waals surface area contributed by atoms with Crippen molar-refractivity contribution in [2.45, 2.75) is 38.6 Å². The predicted molar refractivity (Wildman–Crippen MR) is 126 cm³/mol. The Balaban J connectivity index is 2.07. The molecule has 1 atom stereocenters. The van der Waals surface area contributed by atoms with Crippen molar-refractivity contribution >= 4 is 29.1 Å². The van der Waals surface area contributed by atoms with Crippen molar-refractivity contribution in [2.24, 2.45) is 0 Å². The largest absolute Gasteiger partial charge is 0.455 e. The fraction of sp³-hybridized carbons (Fsp3) is 0.435. The van der Waals surface area contributed by atoms with Gasteiger partial charge in [0.2, 0.25) is 0 Å². The summed E-state index contributed by atoms with van der Waals surface area (Å²) in [4.78, 5) is 25.7. The minimum absolute atomic E-state index is 0.0526. The number of alkyl halides is 3. The Bertz CT molecular complexity index is 1140. The lowest BCUT2D eigenvalue weighted by Gasteiger charge is -2.42. The molecule has 1 N–H and O–H groups in total. The van der Waals surface area contributed by atoms with Crippen LogP contribution < -0.4 is 9.64 Å². The third-order valence-corrected chi connectivity index (χ3v) is 5.61. The van der Waals surface area contributed by atoms with Gasteiger partial charge in [-0.05, 0) is 39.0 Å². The molecule has 0 aliphatic carbocycles. The molecule has 1 fully saturated rings. The van der Waals surface area contributed by atoms with E-state index < -0.39 is 58.1 Å². The van der Waals surface area contributed by atoms with Crippen LogP contribution in [0, 0.1) is 10.1 Å². The maximum atomic E-state index is 14.4. The van der Waals surface area contributed by atoms with Gasteiger partial charge in [0.05, 0.1) is 22.6 Å². The summed E-state index contributed by atoms with van der Waals surface area (Å²) >= 11 is 6.04. The van der Waals surface area contributed by atoms with Gasteiger partial charge in [0.1, 0.15) is 28.4 Å². The van der Waals surface area contributed by atoms with E-state index in [2.05, 4.69) is 0 Å². The number of carbonyl (C=O) groups excluding carboxylic acids is 1. The molecule has 0 bridgehead atoms. The third kappa shape index (κ3) is 6.11. The van der Waals surface area contributed by atoms with Crippen LogP contribution in [0.3, 0.4) is 0 Å². The maximum Gasteiger partial charge on any atom is 0.422 e. The summed E-state index contributed by atoms with van der Waals surface area (Å²) < 4.78 is 53.9. The number of rotatable bonds is 5. The molecule has 0 unspecified atom stereocenters. The number of nitro groups is 1. The first-order chi connectivity index (χ1) is 16.7. The van der Waals surface area contributed by atoms with Crippen LogP contribution in [0.5, 0.6) is 11.5 Å². The van der Waals surface area contributed by atoms with Crippen molar-refractivity contribution < 1.29 is 37.5 Å². The molecule has 13 heteroatoms. The second kappa shape index (κ2) is 10.4. The SMILES string of the molecule is CC(C)(C)OC(=O)N1CCN(c2c([N+](=O)[O-])ccc(Oc3ccccc3Cl)c2C(F)(F)F)C[C@H]1CO. The van der Waals surface area contributed by atoms with Crippen molar-refractivity contribution in [3.05, 3.63) is 57.1 Å². The molecule has 1 saturated heterocycles. The number of nitro benzene ring substituents is 1. The quantitative estimate of drug-likeness (QED) is 0.402. The molecule has 2 aromatic carbocycles. The van der Waals surface area contributed by atoms with E-state index in [0.29, 0.717) is 0 Å². The lowest BCUT2D eigenvalue weighted by molar-refractivity contribution is -0.384. The van der Waals surface area contributed by atoms with Gasteiger partial charge in [0.25, 0.3) is 5.69 Å². The van der Waals surface area contributed by atoms with E-state index in [-0.39, 0.29) is 30.4 Å². The summed E-state index contributed by atoms with van der Waals surface area (Å²) in [6.07, 6.45) is -5.79. The molecule has 0 spiro atoms. The Morgan fingerprint density at radius 3 is 2.39 bits per heavy atom. The molecule has 1 amide bonds. The average molecular weight is 532 g/mol. The summed E-state index contributed by atoms with van der Waals surface area (Å²) in [5, 5.41) is 21.7. The molecule has 196 valence electrons. The monoisotopic (exact) mass is 531 g/mol. The number of aliphatic hydroxyl groups excluding tert-OH is 1. The van der Waals surface area contributed by atoms with Crippen LogP contribution in [0.15, 0.2) is 36.4 Å². The Morgan fingerprint density at radius 2 is 1.83 bits per heavy atom. The van der Waals surface area contributed by atoms with Crippen molar-refractivity contribution in [3.63, 3.8) is 0 Å². The zero-order valence-electron chi connectivity index (χ0n) is 19.7. The minimum atomic E-state index is -5.05. The first kappa shape index (κ1) is 27.3. The Hall–Kier alpha value is -3.25.